The van der Waals surface area contributed by atoms with Crippen LogP contribution < -0.4 is 0 Å². The van der Waals surface area contributed by atoms with Crippen LogP contribution in [0.25, 0.3) is 0 Å². The smallest absolute Gasteiger partial charge is 0.306 e. The zero-order valence-corrected chi connectivity index (χ0v) is 9.85. The van der Waals surface area contributed by atoms with Gasteiger partial charge in [0.05, 0.1) is 17.5 Å². The average Bonchev–Trinajstić information content (AvgIpc) is 2.23. The third kappa shape index (κ3) is 3.33. The lowest BCUT2D eigenvalue weighted by atomic mass is 10.00. The summed E-state index contributed by atoms with van der Waals surface area (Å²) in [7, 11) is 0. The zero-order valence-electron chi connectivity index (χ0n) is 9.09. The highest BCUT2D eigenvalue weighted by Gasteiger charge is 2.22. The van der Waals surface area contributed by atoms with Crippen molar-refractivity contribution in [2.45, 2.75) is 25.6 Å². The molecule has 0 aliphatic carbocycles. The van der Waals surface area contributed by atoms with E-state index in [0.29, 0.717) is 5.56 Å². The Kier molecular flexibility index (Phi) is 4.34. The van der Waals surface area contributed by atoms with Crippen molar-refractivity contribution in [1.82, 2.24) is 0 Å². The summed E-state index contributed by atoms with van der Waals surface area (Å²) >= 11 is 5.71. The number of phenolic OH excluding ortho intramolecular Hbond substituents is 1. The van der Waals surface area contributed by atoms with Crippen molar-refractivity contribution >= 4 is 17.6 Å². The predicted molar refractivity (Wildman–Crippen MR) is 61.1 cm³/mol. The van der Waals surface area contributed by atoms with Crippen LogP contribution in [0.3, 0.4) is 0 Å². The van der Waals surface area contributed by atoms with Gasteiger partial charge in [-0.25, -0.2) is 0 Å². The van der Waals surface area contributed by atoms with Gasteiger partial charge in [-0.05, 0) is 30.2 Å². The molecule has 0 saturated heterocycles. The van der Waals surface area contributed by atoms with Crippen LogP contribution in [0.1, 0.15) is 23.7 Å². The fourth-order valence-corrected chi connectivity index (χ4v) is 1.72. The SMILES string of the molecule is Cc1cc(C(O)C(O)CC(=O)O)cc(Cl)c1O. The summed E-state index contributed by atoms with van der Waals surface area (Å²) in [5.41, 5.74) is 0.702. The lowest BCUT2D eigenvalue weighted by Gasteiger charge is -2.17. The van der Waals surface area contributed by atoms with Crippen molar-refractivity contribution in [1.29, 1.82) is 0 Å². The van der Waals surface area contributed by atoms with E-state index < -0.39 is 24.6 Å². The van der Waals surface area contributed by atoms with Gasteiger partial charge < -0.3 is 20.4 Å². The fraction of sp³-hybridized carbons (Fsp3) is 0.364. The molecule has 0 aromatic heterocycles. The van der Waals surface area contributed by atoms with E-state index >= 15 is 0 Å². The molecule has 1 aromatic rings. The highest BCUT2D eigenvalue weighted by atomic mass is 35.5. The molecule has 17 heavy (non-hydrogen) atoms. The molecule has 0 aliphatic heterocycles. The largest absolute Gasteiger partial charge is 0.506 e. The Morgan fingerprint density at radius 3 is 2.47 bits per heavy atom. The van der Waals surface area contributed by atoms with E-state index in [-0.39, 0.29) is 16.3 Å². The van der Waals surface area contributed by atoms with Crippen LogP contribution in [0.15, 0.2) is 12.1 Å². The Bertz CT molecular complexity index is 409. The number of halogens is 1. The molecule has 0 fully saturated rings. The van der Waals surface area contributed by atoms with E-state index in [2.05, 4.69) is 0 Å². The maximum Gasteiger partial charge on any atom is 0.306 e. The summed E-state index contributed by atoms with van der Waals surface area (Å²) in [6.45, 7) is 1.58. The second kappa shape index (κ2) is 5.35. The summed E-state index contributed by atoms with van der Waals surface area (Å²) in [6, 6.07) is 2.73. The Morgan fingerprint density at radius 1 is 1.41 bits per heavy atom. The van der Waals surface area contributed by atoms with E-state index in [1.807, 2.05) is 0 Å². The van der Waals surface area contributed by atoms with E-state index in [9.17, 15) is 20.1 Å². The van der Waals surface area contributed by atoms with Gasteiger partial charge in [-0.1, -0.05) is 11.6 Å². The summed E-state index contributed by atoms with van der Waals surface area (Å²) in [5, 5.41) is 37.1. The molecule has 4 N–H and O–H groups in total. The maximum atomic E-state index is 10.4. The number of carboxylic acid groups (broad SMARTS) is 1. The Hall–Kier alpha value is -1.30. The lowest BCUT2D eigenvalue weighted by Crippen LogP contribution is -2.21. The third-order valence-corrected chi connectivity index (χ3v) is 2.65. The van der Waals surface area contributed by atoms with Crippen LogP contribution >= 0.6 is 11.6 Å². The number of carbonyl (C=O) groups is 1. The van der Waals surface area contributed by atoms with Gasteiger partial charge in [-0.15, -0.1) is 0 Å². The quantitative estimate of drug-likeness (QED) is 0.653. The van der Waals surface area contributed by atoms with Gasteiger partial charge in [0.1, 0.15) is 11.9 Å². The van der Waals surface area contributed by atoms with Crippen LogP contribution in [0.2, 0.25) is 5.02 Å². The second-order valence-corrected chi connectivity index (χ2v) is 4.19. The van der Waals surface area contributed by atoms with E-state index in [1.54, 1.807) is 6.92 Å². The van der Waals surface area contributed by atoms with E-state index in [4.69, 9.17) is 16.7 Å². The molecule has 2 atom stereocenters. The van der Waals surface area contributed by atoms with E-state index in [1.165, 1.54) is 12.1 Å². The van der Waals surface area contributed by atoms with Crippen molar-refractivity contribution in [2.24, 2.45) is 0 Å². The molecule has 0 bridgehead atoms. The van der Waals surface area contributed by atoms with Gasteiger partial charge in [0, 0.05) is 0 Å². The number of aliphatic carboxylic acids is 1. The first-order valence-electron chi connectivity index (χ1n) is 4.90. The molecule has 0 aliphatic rings. The van der Waals surface area contributed by atoms with Crippen molar-refractivity contribution in [3.8, 4) is 5.75 Å². The molecule has 0 heterocycles. The highest BCUT2D eigenvalue weighted by Crippen LogP contribution is 2.31. The van der Waals surface area contributed by atoms with Gasteiger partial charge in [-0.3, -0.25) is 4.79 Å². The highest BCUT2D eigenvalue weighted by molar-refractivity contribution is 6.32. The molecule has 0 amide bonds. The van der Waals surface area contributed by atoms with E-state index in [0.717, 1.165) is 0 Å². The van der Waals surface area contributed by atoms with Crippen molar-refractivity contribution in [3.63, 3.8) is 0 Å². The molecule has 0 spiro atoms. The van der Waals surface area contributed by atoms with Crippen LogP contribution in [-0.4, -0.2) is 32.5 Å². The molecule has 0 saturated carbocycles. The number of hydrogen-bond acceptors (Lipinski definition) is 4. The Labute approximate surface area is 103 Å². The number of benzene rings is 1. The summed E-state index contributed by atoms with van der Waals surface area (Å²) in [5.74, 6) is -1.31. The minimum absolute atomic E-state index is 0.0431. The van der Waals surface area contributed by atoms with Gasteiger partial charge in [0.25, 0.3) is 0 Å². The van der Waals surface area contributed by atoms with Crippen molar-refractivity contribution < 1.29 is 25.2 Å². The number of aromatic hydroxyl groups is 1. The first-order valence-corrected chi connectivity index (χ1v) is 5.27. The number of aliphatic hydroxyl groups is 2. The van der Waals surface area contributed by atoms with Gasteiger partial charge in [0.2, 0.25) is 0 Å². The molecular weight excluding hydrogens is 248 g/mol. The third-order valence-electron chi connectivity index (χ3n) is 2.37. The van der Waals surface area contributed by atoms with Crippen molar-refractivity contribution in [2.75, 3.05) is 0 Å². The first kappa shape index (κ1) is 13.8. The summed E-state index contributed by atoms with van der Waals surface area (Å²) < 4.78 is 0. The first-order chi connectivity index (χ1) is 7.82. The number of aryl methyl sites for hydroxylation is 1. The molecule has 5 nitrogen and oxygen atoms in total. The molecule has 2 unspecified atom stereocenters. The number of hydrogen-bond donors (Lipinski definition) is 4. The minimum atomic E-state index is -1.42. The second-order valence-electron chi connectivity index (χ2n) is 3.78. The number of aliphatic hydroxyl groups excluding tert-OH is 2. The van der Waals surface area contributed by atoms with Crippen LogP contribution in [0, 0.1) is 6.92 Å². The average molecular weight is 261 g/mol. The molecule has 1 rings (SSSR count). The summed E-state index contributed by atoms with van der Waals surface area (Å²) in [4.78, 5) is 10.4. The standard InChI is InChI=1S/C11H13ClO5/c1-5-2-6(3-7(12)10(5)16)11(17)8(13)4-9(14)15/h2-3,8,11,13,16-17H,4H2,1H3,(H,14,15). The Balaban J connectivity index is 2.96. The van der Waals surface area contributed by atoms with Gasteiger partial charge >= 0.3 is 5.97 Å². The number of rotatable bonds is 4. The topological polar surface area (TPSA) is 98.0 Å². The fourth-order valence-electron chi connectivity index (χ4n) is 1.45. The van der Waals surface area contributed by atoms with Crippen LogP contribution in [0.4, 0.5) is 0 Å². The normalized spacial score (nSPS) is 14.4. The van der Waals surface area contributed by atoms with Gasteiger partial charge in [-0.2, -0.15) is 0 Å². The van der Waals surface area contributed by atoms with Gasteiger partial charge in [0.15, 0.2) is 0 Å². The maximum absolute atomic E-state index is 10.4. The van der Waals surface area contributed by atoms with Crippen molar-refractivity contribution in [3.05, 3.63) is 28.3 Å². The molecule has 0 radical (unpaired) electrons. The molecule has 1 aromatic carbocycles. The van der Waals surface area contributed by atoms with Crippen LogP contribution in [0.5, 0.6) is 5.75 Å². The Morgan fingerprint density at radius 2 is 2.00 bits per heavy atom. The predicted octanol–water partition coefficient (Wildman–Crippen LogP) is 1.22. The van der Waals surface area contributed by atoms with Crippen LogP contribution in [-0.2, 0) is 4.79 Å². The summed E-state index contributed by atoms with van der Waals surface area (Å²) in [6.07, 6.45) is -3.35. The number of phenols is 1. The zero-order chi connectivity index (χ0) is 13.2. The minimum Gasteiger partial charge on any atom is -0.506 e. The number of carboxylic acids is 1. The lowest BCUT2D eigenvalue weighted by molar-refractivity contribution is -0.141. The monoisotopic (exact) mass is 260 g/mol. The molecule has 6 heteroatoms. The molecular formula is C11H13ClO5. The molecule has 94 valence electrons.